The van der Waals surface area contributed by atoms with Gasteiger partial charge >= 0.3 is 0 Å². The molecule has 0 aliphatic rings. The van der Waals surface area contributed by atoms with E-state index in [1.807, 2.05) is 0 Å². The van der Waals surface area contributed by atoms with E-state index in [1.54, 1.807) is 18.2 Å². The number of carbonyl (C=O) groups excluding carboxylic acids is 2. The number of ketones is 2. The Morgan fingerprint density at radius 3 is 1.86 bits per heavy atom. The van der Waals surface area contributed by atoms with Crippen molar-refractivity contribution in [1.82, 2.24) is 0 Å². The van der Waals surface area contributed by atoms with Crippen molar-refractivity contribution in [1.29, 1.82) is 0 Å². The van der Waals surface area contributed by atoms with E-state index in [0.29, 0.717) is 5.57 Å². The SMILES string of the molecule is C=C/C=C(\C=C)C=C(C(C)=O)C(C)=O. The van der Waals surface area contributed by atoms with Gasteiger partial charge in [0, 0.05) is 0 Å². The maximum Gasteiger partial charge on any atom is 0.163 e. The van der Waals surface area contributed by atoms with Crippen molar-refractivity contribution < 1.29 is 9.59 Å². The fraction of sp³-hybridized carbons (Fsp3) is 0.167. The van der Waals surface area contributed by atoms with Gasteiger partial charge in [0.2, 0.25) is 0 Å². The molecule has 0 radical (unpaired) electrons. The van der Waals surface area contributed by atoms with Crippen molar-refractivity contribution >= 4 is 11.6 Å². The van der Waals surface area contributed by atoms with Crippen LogP contribution in [0.1, 0.15) is 13.8 Å². The molecule has 14 heavy (non-hydrogen) atoms. The molecule has 0 spiro atoms. The molecule has 74 valence electrons. The van der Waals surface area contributed by atoms with Crippen LogP contribution in [0.25, 0.3) is 0 Å². The van der Waals surface area contributed by atoms with Gasteiger partial charge in [0.25, 0.3) is 0 Å². The molecule has 0 bridgehead atoms. The lowest BCUT2D eigenvalue weighted by atomic mass is 10.0. The zero-order valence-electron chi connectivity index (χ0n) is 8.54. The van der Waals surface area contributed by atoms with Crippen LogP contribution in [0.3, 0.4) is 0 Å². The summed E-state index contributed by atoms with van der Waals surface area (Å²) in [7, 11) is 0. The normalized spacial score (nSPS) is 10.3. The van der Waals surface area contributed by atoms with Gasteiger partial charge in [0.1, 0.15) is 0 Å². The molecule has 0 N–H and O–H groups in total. The molecule has 0 rings (SSSR count). The van der Waals surface area contributed by atoms with Crippen LogP contribution in [0.4, 0.5) is 0 Å². The first-order valence-electron chi connectivity index (χ1n) is 4.21. The second-order valence-electron chi connectivity index (χ2n) is 2.78. The number of carbonyl (C=O) groups is 2. The Kier molecular flexibility index (Phi) is 5.15. The average Bonchev–Trinajstić information content (AvgIpc) is 2.10. The van der Waals surface area contributed by atoms with E-state index >= 15 is 0 Å². The Labute approximate surface area is 84.3 Å². The lowest BCUT2D eigenvalue weighted by Crippen LogP contribution is -2.06. The highest BCUT2D eigenvalue weighted by Gasteiger charge is 2.08. The van der Waals surface area contributed by atoms with Gasteiger partial charge in [-0.15, -0.1) is 0 Å². The summed E-state index contributed by atoms with van der Waals surface area (Å²) in [6.07, 6.45) is 6.33. The molecular weight excluding hydrogens is 176 g/mol. The van der Waals surface area contributed by atoms with Crippen molar-refractivity contribution in [2.24, 2.45) is 0 Å². The van der Waals surface area contributed by atoms with Crippen LogP contribution in [0.5, 0.6) is 0 Å². The number of allylic oxidation sites excluding steroid dienone is 6. The van der Waals surface area contributed by atoms with Gasteiger partial charge in [-0.3, -0.25) is 9.59 Å². The van der Waals surface area contributed by atoms with Gasteiger partial charge in [-0.05, 0) is 25.5 Å². The van der Waals surface area contributed by atoms with Crippen molar-refractivity contribution in [2.75, 3.05) is 0 Å². The van der Waals surface area contributed by atoms with Crippen molar-refractivity contribution in [2.45, 2.75) is 13.8 Å². The molecule has 0 unspecified atom stereocenters. The molecule has 0 aliphatic heterocycles. The highest BCUT2D eigenvalue weighted by molar-refractivity contribution is 6.18. The number of rotatable bonds is 5. The van der Waals surface area contributed by atoms with Crippen LogP contribution < -0.4 is 0 Å². The minimum absolute atomic E-state index is 0.179. The highest BCUT2D eigenvalue weighted by atomic mass is 16.1. The van der Waals surface area contributed by atoms with Crippen LogP contribution in [0, 0.1) is 0 Å². The molecule has 0 aromatic carbocycles. The van der Waals surface area contributed by atoms with E-state index in [4.69, 9.17) is 0 Å². The van der Waals surface area contributed by atoms with E-state index in [-0.39, 0.29) is 17.1 Å². The van der Waals surface area contributed by atoms with Gasteiger partial charge in [-0.1, -0.05) is 31.4 Å². The maximum absolute atomic E-state index is 11.1. The van der Waals surface area contributed by atoms with Gasteiger partial charge in [0.15, 0.2) is 11.6 Å². The number of hydrogen-bond donors (Lipinski definition) is 0. The van der Waals surface area contributed by atoms with Gasteiger partial charge in [-0.25, -0.2) is 0 Å². The fourth-order valence-corrected chi connectivity index (χ4v) is 0.929. The highest BCUT2D eigenvalue weighted by Crippen LogP contribution is 2.06. The predicted molar refractivity (Wildman–Crippen MR) is 57.9 cm³/mol. The quantitative estimate of drug-likeness (QED) is 0.289. The molecule has 0 fully saturated rings. The van der Waals surface area contributed by atoms with Crippen LogP contribution in [0.2, 0.25) is 0 Å². The topological polar surface area (TPSA) is 34.1 Å². The van der Waals surface area contributed by atoms with Crippen LogP contribution >= 0.6 is 0 Å². The maximum atomic E-state index is 11.1. The Morgan fingerprint density at radius 1 is 1.07 bits per heavy atom. The smallest absolute Gasteiger partial charge is 0.163 e. The molecule has 0 heterocycles. The van der Waals surface area contributed by atoms with Crippen molar-refractivity contribution in [3.63, 3.8) is 0 Å². The minimum Gasteiger partial charge on any atom is -0.294 e. The van der Waals surface area contributed by atoms with E-state index in [9.17, 15) is 9.59 Å². The molecule has 2 nitrogen and oxygen atoms in total. The Hall–Kier alpha value is -1.70. The largest absolute Gasteiger partial charge is 0.294 e. The summed E-state index contributed by atoms with van der Waals surface area (Å²) in [5.41, 5.74) is 0.874. The lowest BCUT2D eigenvalue weighted by molar-refractivity contribution is -0.119. The number of hydrogen-bond acceptors (Lipinski definition) is 2. The average molecular weight is 190 g/mol. The molecular formula is C12H14O2. The van der Waals surface area contributed by atoms with E-state index < -0.39 is 0 Å². The monoisotopic (exact) mass is 190 g/mol. The van der Waals surface area contributed by atoms with Crippen LogP contribution in [0.15, 0.2) is 48.6 Å². The second-order valence-corrected chi connectivity index (χ2v) is 2.78. The molecule has 0 atom stereocenters. The predicted octanol–water partition coefficient (Wildman–Crippen LogP) is 2.39. The van der Waals surface area contributed by atoms with Gasteiger partial charge < -0.3 is 0 Å². The molecule has 0 amide bonds. The molecule has 0 aliphatic carbocycles. The summed E-state index contributed by atoms with van der Waals surface area (Å²) in [6, 6.07) is 0. The lowest BCUT2D eigenvalue weighted by Gasteiger charge is -1.98. The standard InChI is InChI=1S/C12H14O2/c1-5-7-11(6-2)8-12(9(3)13)10(4)14/h5-8H,1-2H2,3-4H3/b11-7+. The summed E-state index contributed by atoms with van der Waals surface area (Å²) >= 11 is 0. The first-order valence-corrected chi connectivity index (χ1v) is 4.21. The molecule has 0 saturated heterocycles. The van der Waals surface area contributed by atoms with Crippen molar-refractivity contribution in [3.8, 4) is 0 Å². The van der Waals surface area contributed by atoms with Crippen LogP contribution in [-0.4, -0.2) is 11.6 Å². The first-order chi connectivity index (χ1) is 6.52. The molecule has 0 saturated carbocycles. The summed E-state index contributed by atoms with van der Waals surface area (Å²) in [6.45, 7) is 9.82. The van der Waals surface area contributed by atoms with E-state index in [0.717, 1.165) is 0 Å². The molecule has 2 heteroatoms. The summed E-state index contributed by atoms with van der Waals surface area (Å²) < 4.78 is 0. The van der Waals surface area contributed by atoms with Crippen molar-refractivity contribution in [3.05, 3.63) is 48.6 Å². The third-order valence-corrected chi connectivity index (χ3v) is 1.62. The summed E-state index contributed by atoms with van der Waals surface area (Å²) in [5, 5.41) is 0. The van der Waals surface area contributed by atoms with E-state index in [1.165, 1.54) is 19.9 Å². The third-order valence-electron chi connectivity index (χ3n) is 1.62. The Balaban J connectivity index is 5.17. The molecule has 0 aromatic rings. The Bertz CT molecular complexity index is 314. The first kappa shape index (κ1) is 12.3. The fourth-order valence-electron chi connectivity index (χ4n) is 0.929. The summed E-state index contributed by atoms with van der Waals surface area (Å²) in [4.78, 5) is 22.1. The van der Waals surface area contributed by atoms with E-state index in [2.05, 4.69) is 13.2 Å². The van der Waals surface area contributed by atoms with Crippen LogP contribution in [-0.2, 0) is 9.59 Å². The third kappa shape index (κ3) is 3.81. The number of Topliss-reactive ketones (excluding diaryl/α,β-unsaturated/α-hetero) is 2. The summed E-state index contributed by atoms with van der Waals surface area (Å²) in [5.74, 6) is -0.483. The zero-order chi connectivity index (χ0) is 11.1. The zero-order valence-corrected chi connectivity index (χ0v) is 8.54. The molecule has 0 aromatic heterocycles. The van der Waals surface area contributed by atoms with Gasteiger partial charge in [-0.2, -0.15) is 0 Å². The Morgan fingerprint density at radius 2 is 1.57 bits per heavy atom. The van der Waals surface area contributed by atoms with Gasteiger partial charge in [0.05, 0.1) is 5.57 Å². The second kappa shape index (κ2) is 5.86. The minimum atomic E-state index is -0.241.